The minimum atomic E-state index is -0.955. The lowest BCUT2D eigenvalue weighted by Gasteiger charge is -2.11. The van der Waals surface area contributed by atoms with E-state index >= 15 is 0 Å². The Morgan fingerprint density at radius 2 is 2.21 bits per heavy atom. The molecule has 19 heavy (non-hydrogen) atoms. The summed E-state index contributed by atoms with van der Waals surface area (Å²) in [4.78, 5) is 25.7. The number of hydrogen-bond donors (Lipinski definition) is 1. The molecule has 98 valence electrons. The fraction of sp³-hybridized carbons (Fsp3) is 0.0833. The third kappa shape index (κ3) is 3.68. The average molecular weight is 341 g/mol. The van der Waals surface area contributed by atoms with Crippen LogP contribution in [0.25, 0.3) is 5.69 Å². The summed E-state index contributed by atoms with van der Waals surface area (Å²) in [7, 11) is 0. The fourth-order valence-electron chi connectivity index (χ4n) is 1.44. The second-order valence-electron chi connectivity index (χ2n) is 3.58. The Hall–Kier alpha value is -1.60. The minimum absolute atomic E-state index is 0.148. The first kappa shape index (κ1) is 13.8. The van der Waals surface area contributed by atoms with Crippen LogP contribution in [-0.2, 0) is 4.79 Å². The molecule has 0 aliphatic carbocycles. The highest BCUT2D eigenvalue weighted by Crippen LogP contribution is 2.21. The predicted molar refractivity (Wildman–Crippen MR) is 75.9 cm³/mol. The van der Waals surface area contributed by atoms with Crippen molar-refractivity contribution in [3.63, 3.8) is 0 Å². The lowest BCUT2D eigenvalue weighted by atomic mass is 10.3. The van der Waals surface area contributed by atoms with Crippen LogP contribution in [0, 0.1) is 0 Å². The SMILES string of the molecule is O=C(O)CSc1nc(=O)ccn1-c1cccc(Br)c1. The van der Waals surface area contributed by atoms with Gasteiger partial charge in [0.15, 0.2) is 5.16 Å². The Labute approximate surface area is 121 Å². The molecular weight excluding hydrogens is 332 g/mol. The smallest absolute Gasteiger partial charge is 0.313 e. The van der Waals surface area contributed by atoms with E-state index in [4.69, 9.17) is 5.11 Å². The molecule has 1 aromatic carbocycles. The predicted octanol–water partition coefficient (Wildman–Crippen LogP) is 2.17. The van der Waals surface area contributed by atoms with E-state index in [1.54, 1.807) is 10.8 Å². The Bertz CT molecular complexity index is 672. The first-order valence-electron chi connectivity index (χ1n) is 5.26. The van der Waals surface area contributed by atoms with E-state index in [-0.39, 0.29) is 11.3 Å². The first-order valence-corrected chi connectivity index (χ1v) is 7.04. The van der Waals surface area contributed by atoms with Gasteiger partial charge in [0.05, 0.1) is 5.75 Å². The summed E-state index contributed by atoms with van der Waals surface area (Å²) in [6.07, 6.45) is 1.58. The maximum absolute atomic E-state index is 11.3. The van der Waals surface area contributed by atoms with Crippen molar-refractivity contribution in [2.75, 3.05) is 5.75 Å². The van der Waals surface area contributed by atoms with Crippen LogP contribution in [-0.4, -0.2) is 26.4 Å². The van der Waals surface area contributed by atoms with Gasteiger partial charge in [0.1, 0.15) is 0 Å². The van der Waals surface area contributed by atoms with Gasteiger partial charge in [-0.1, -0.05) is 33.8 Å². The Morgan fingerprint density at radius 1 is 1.42 bits per heavy atom. The third-order valence-electron chi connectivity index (χ3n) is 2.19. The molecule has 0 bridgehead atoms. The van der Waals surface area contributed by atoms with Gasteiger partial charge in [-0.3, -0.25) is 14.2 Å². The summed E-state index contributed by atoms with van der Waals surface area (Å²) in [6.45, 7) is 0. The van der Waals surface area contributed by atoms with Crippen molar-refractivity contribution >= 4 is 33.7 Å². The number of aliphatic carboxylic acids is 1. The molecular formula is C12H9BrN2O3S. The highest BCUT2D eigenvalue weighted by Gasteiger charge is 2.08. The van der Waals surface area contributed by atoms with Crippen LogP contribution in [0.3, 0.4) is 0 Å². The molecule has 0 saturated carbocycles. The Balaban J connectivity index is 2.44. The van der Waals surface area contributed by atoms with E-state index < -0.39 is 5.97 Å². The van der Waals surface area contributed by atoms with Gasteiger partial charge in [-0.2, -0.15) is 4.98 Å². The Kier molecular flexibility index (Phi) is 4.39. The van der Waals surface area contributed by atoms with Gasteiger partial charge in [-0.05, 0) is 18.2 Å². The number of benzene rings is 1. The molecule has 7 heteroatoms. The van der Waals surface area contributed by atoms with Gasteiger partial charge in [-0.15, -0.1) is 0 Å². The molecule has 5 nitrogen and oxygen atoms in total. The molecule has 2 rings (SSSR count). The second-order valence-corrected chi connectivity index (χ2v) is 5.44. The molecule has 0 fully saturated rings. The van der Waals surface area contributed by atoms with Crippen LogP contribution in [0.4, 0.5) is 0 Å². The van der Waals surface area contributed by atoms with E-state index in [0.29, 0.717) is 5.16 Å². The fourth-order valence-corrected chi connectivity index (χ4v) is 2.54. The average Bonchev–Trinajstić information content (AvgIpc) is 2.36. The second kappa shape index (κ2) is 6.03. The van der Waals surface area contributed by atoms with Gasteiger partial charge in [0.2, 0.25) is 0 Å². The normalized spacial score (nSPS) is 10.4. The zero-order valence-corrected chi connectivity index (χ0v) is 12.0. The van der Waals surface area contributed by atoms with Crippen LogP contribution in [0.2, 0.25) is 0 Å². The molecule has 2 aromatic rings. The summed E-state index contributed by atoms with van der Waals surface area (Å²) < 4.78 is 2.57. The maximum atomic E-state index is 11.3. The molecule has 0 amide bonds. The zero-order valence-electron chi connectivity index (χ0n) is 9.62. The lowest BCUT2D eigenvalue weighted by Crippen LogP contribution is -2.13. The number of rotatable bonds is 4. The molecule has 0 unspecified atom stereocenters. The van der Waals surface area contributed by atoms with Crippen LogP contribution < -0.4 is 5.56 Å². The zero-order chi connectivity index (χ0) is 13.8. The number of halogens is 1. The van der Waals surface area contributed by atoms with Crippen LogP contribution in [0.15, 0.2) is 51.0 Å². The number of nitrogens with zero attached hydrogens (tertiary/aromatic N) is 2. The van der Waals surface area contributed by atoms with Crippen molar-refractivity contribution in [2.24, 2.45) is 0 Å². The molecule has 0 saturated heterocycles. The monoisotopic (exact) mass is 340 g/mol. The summed E-state index contributed by atoms with van der Waals surface area (Å²) in [5.74, 6) is -1.10. The number of carboxylic acid groups (broad SMARTS) is 1. The van der Waals surface area contributed by atoms with Crippen LogP contribution >= 0.6 is 27.7 Å². The molecule has 1 N–H and O–H groups in total. The highest BCUT2D eigenvalue weighted by atomic mass is 79.9. The maximum Gasteiger partial charge on any atom is 0.313 e. The summed E-state index contributed by atoms with van der Waals surface area (Å²) in [5, 5.41) is 9.06. The van der Waals surface area contributed by atoms with E-state index in [2.05, 4.69) is 20.9 Å². The molecule has 0 atom stereocenters. The Morgan fingerprint density at radius 3 is 2.89 bits per heavy atom. The molecule has 0 aliphatic rings. The van der Waals surface area contributed by atoms with E-state index in [1.807, 2.05) is 24.3 Å². The van der Waals surface area contributed by atoms with E-state index in [0.717, 1.165) is 21.9 Å². The summed E-state index contributed by atoms with van der Waals surface area (Å²) >= 11 is 4.37. The van der Waals surface area contributed by atoms with Gasteiger partial charge in [0, 0.05) is 22.4 Å². The summed E-state index contributed by atoms with van der Waals surface area (Å²) in [5.41, 5.74) is 0.411. The molecule has 0 spiro atoms. The van der Waals surface area contributed by atoms with Crippen LogP contribution in [0.1, 0.15) is 0 Å². The topological polar surface area (TPSA) is 72.2 Å². The number of aromatic nitrogens is 2. The molecule has 0 aliphatic heterocycles. The largest absolute Gasteiger partial charge is 0.481 e. The molecule has 0 radical (unpaired) electrons. The molecule has 1 aromatic heterocycles. The molecule has 1 heterocycles. The van der Waals surface area contributed by atoms with Gasteiger partial charge >= 0.3 is 5.97 Å². The standard InChI is InChI=1S/C12H9BrN2O3S/c13-8-2-1-3-9(6-8)15-5-4-10(16)14-12(15)19-7-11(17)18/h1-6H,7H2,(H,17,18). The van der Waals surface area contributed by atoms with Crippen molar-refractivity contribution in [2.45, 2.75) is 5.16 Å². The van der Waals surface area contributed by atoms with Gasteiger partial charge < -0.3 is 5.11 Å². The van der Waals surface area contributed by atoms with E-state index in [1.165, 1.54) is 6.07 Å². The third-order valence-corrected chi connectivity index (χ3v) is 3.62. The van der Waals surface area contributed by atoms with Crippen LogP contribution in [0.5, 0.6) is 0 Å². The number of hydrogen-bond acceptors (Lipinski definition) is 4. The first-order chi connectivity index (χ1) is 9.06. The van der Waals surface area contributed by atoms with Crippen molar-refractivity contribution < 1.29 is 9.90 Å². The number of thioether (sulfide) groups is 1. The van der Waals surface area contributed by atoms with Crippen molar-refractivity contribution in [1.29, 1.82) is 0 Å². The number of carboxylic acids is 1. The van der Waals surface area contributed by atoms with Gasteiger partial charge in [-0.25, -0.2) is 0 Å². The highest BCUT2D eigenvalue weighted by molar-refractivity contribution is 9.10. The van der Waals surface area contributed by atoms with Crippen molar-refractivity contribution in [3.8, 4) is 5.69 Å². The quantitative estimate of drug-likeness (QED) is 0.682. The van der Waals surface area contributed by atoms with Crippen molar-refractivity contribution in [3.05, 3.63) is 51.4 Å². The summed E-state index contributed by atoms with van der Waals surface area (Å²) in [6, 6.07) is 8.77. The minimum Gasteiger partial charge on any atom is -0.481 e. The number of carbonyl (C=O) groups is 1. The lowest BCUT2D eigenvalue weighted by molar-refractivity contribution is -0.133. The van der Waals surface area contributed by atoms with Gasteiger partial charge in [0.25, 0.3) is 5.56 Å². The van der Waals surface area contributed by atoms with E-state index in [9.17, 15) is 9.59 Å². The van der Waals surface area contributed by atoms with Crippen molar-refractivity contribution in [1.82, 2.24) is 9.55 Å².